The van der Waals surface area contributed by atoms with Gasteiger partial charge in [0.15, 0.2) is 0 Å². The number of hydrazine groups is 1. The van der Waals surface area contributed by atoms with Crippen molar-refractivity contribution >= 4 is 40.6 Å². The maximum Gasteiger partial charge on any atom is 0.324 e. The lowest BCUT2D eigenvalue weighted by molar-refractivity contribution is -0.155. The standard InChI is InChI=1S/C51H66N8O7/c1-10-43(60)56-23-15-24-57(31-56)50(64)55(8)45(32(3)4)47(61)53-41-27-34-16-12-17-35(26-34)36-20-21-42-38(28-36)39(46(58(42)11-2)37-18-13-22-52-44(37)33(5)65-9)29-51(6,7)30-66-49(63)40-19-14-25-59(54-40)48(41)62/h10,12-13,16-18,20-22,26,28,32-33,40-41,45,54H,1,11,14-15,19,23-25,27,29-31H2,2-9H3,(H,53,61)/t33-,40-,41-,45-/m0/s1. The van der Waals surface area contributed by atoms with E-state index in [9.17, 15) is 24.0 Å². The van der Waals surface area contributed by atoms with E-state index in [-0.39, 0.29) is 37.6 Å². The monoisotopic (exact) mass is 903 g/mol. The van der Waals surface area contributed by atoms with Gasteiger partial charge in [-0.3, -0.25) is 29.2 Å². The molecule has 15 heteroatoms. The van der Waals surface area contributed by atoms with Gasteiger partial charge in [0.05, 0.1) is 30.8 Å². The third-order valence-corrected chi connectivity index (χ3v) is 13.2. The number of pyridine rings is 1. The van der Waals surface area contributed by atoms with Gasteiger partial charge in [0, 0.05) is 74.8 Å². The zero-order valence-electron chi connectivity index (χ0n) is 39.8. The number of carbonyl (C=O) groups is 5. The van der Waals surface area contributed by atoms with Crippen LogP contribution in [0.4, 0.5) is 4.79 Å². The molecule has 15 nitrogen and oxygen atoms in total. The molecule has 3 aliphatic rings. The van der Waals surface area contributed by atoms with E-state index < -0.39 is 47.4 Å². The Bertz CT molecular complexity index is 2480. The first-order chi connectivity index (χ1) is 31.5. The smallest absolute Gasteiger partial charge is 0.324 e. The van der Waals surface area contributed by atoms with Crippen molar-refractivity contribution < 1.29 is 33.4 Å². The van der Waals surface area contributed by atoms with Gasteiger partial charge in [0.1, 0.15) is 18.1 Å². The second-order valence-corrected chi connectivity index (χ2v) is 19.0. The van der Waals surface area contributed by atoms with Gasteiger partial charge in [0.25, 0.3) is 5.91 Å². The Hall–Kier alpha value is -6.06. The summed E-state index contributed by atoms with van der Waals surface area (Å²) < 4.78 is 14.3. The van der Waals surface area contributed by atoms with Crippen LogP contribution in [0.3, 0.4) is 0 Å². The van der Waals surface area contributed by atoms with Crippen molar-refractivity contribution in [1.82, 2.24) is 40.0 Å². The van der Waals surface area contributed by atoms with E-state index in [1.165, 1.54) is 16.0 Å². The zero-order chi connectivity index (χ0) is 47.4. The van der Waals surface area contributed by atoms with Crippen LogP contribution in [0.25, 0.3) is 33.3 Å². The summed E-state index contributed by atoms with van der Waals surface area (Å²) >= 11 is 0. The van der Waals surface area contributed by atoms with Crippen LogP contribution in [0.15, 0.2) is 73.4 Å². The summed E-state index contributed by atoms with van der Waals surface area (Å²) in [4.78, 5) is 78.9. The number of methoxy groups -OCH3 is 1. The third-order valence-electron chi connectivity index (χ3n) is 13.2. The van der Waals surface area contributed by atoms with E-state index in [1.807, 2.05) is 39.0 Å². The van der Waals surface area contributed by atoms with Crippen LogP contribution in [0.1, 0.15) is 83.7 Å². The zero-order valence-corrected chi connectivity index (χ0v) is 39.8. The van der Waals surface area contributed by atoms with Gasteiger partial charge in [0.2, 0.25) is 11.8 Å². The lowest BCUT2D eigenvalue weighted by Gasteiger charge is -2.40. The van der Waals surface area contributed by atoms with Crippen molar-refractivity contribution in [2.75, 3.05) is 47.1 Å². The summed E-state index contributed by atoms with van der Waals surface area (Å²) in [5.74, 6) is -1.96. The average molecular weight is 903 g/mol. The molecular formula is C51H66N8O7. The molecule has 7 rings (SSSR count). The summed E-state index contributed by atoms with van der Waals surface area (Å²) in [5.41, 5.74) is 10.4. The Morgan fingerprint density at radius 1 is 1.03 bits per heavy atom. The Balaban J connectivity index is 1.29. The molecular weight excluding hydrogens is 837 g/mol. The van der Waals surface area contributed by atoms with E-state index in [1.54, 1.807) is 30.2 Å². The van der Waals surface area contributed by atoms with E-state index in [0.717, 1.165) is 50.1 Å². The van der Waals surface area contributed by atoms with Crippen molar-refractivity contribution in [3.63, 3.8) is 0 Å². The van der Waals surface area contributed by atoms with Gasteiger partial charge in [-0.05, 0) is 98.0 Å². The summed E-state index contributed by atoms with van der Waals surface area (Å²) in [6, 6.07) is 15.4. The lowest BCUT2D eigenvalue weighted by atomic mass is 9.84. The summed E-state index contributed by atoms with van der Waals surface area (Å²) in [6.45, 7) is 17.8. The lowest BCUT2D eigenvalue weighted by Crippen LogP contribution is -2.63. The Morgan fingerprint density at radius 2 is 1.79 bits per heavy atom. The van der Waals surface area contributed by atoms with Crippen LogP contribution in [0, 0.1) is 11.3 Å². The van der Waals surface area contributed by atoms with Gasteiger partial charge in [-0.25, -0.2) is 10.2 Å². The molecule has 0 spiro atoms. The maximum atomic E-state index is 14.7. The number of esters is 1. The number of likely N-dealkylation sites (N-methyl/N-ethyl adjacent to an activating group) is 1. The number of urea groups is 1. The minimum Gasteiger partial charge on any atom is -0.464 e. The first kappa shape index (κ1) is 47.9. The van der Waals surface area contributed by atoms with Gasteiger partial charge in [-0.2, -0.15) is 0 Å². The SMILES string of the molecule is C=CC(=O)N1CCCN(C(=O)N(C)[C@H](C(=O)N[C@H]2Cc3cccc(c3)-c3ccc4c(c3)c(c(-c3cccnc3[C@H](C)OC)n4CC)CC(C)(C)COC(=O)[C@@H]3CCCN(N3)C2=O)C(C)C)C1. The number of nitrogens with zero attached hydrogens (tertiary/aromatic N) is 6. The van der Waals surface area contributed by atoms with E-state index in [2.05, 4.69) is 79.1 Å². The van der Waals surface area contributed by atoms with Crippen LogP contribution in [0.5, 0.6) is 0 Å². The molecule has 2 saturated heterocycles. The highest BCUT2D eigenvalue weighted by atomic mass is 16.5. The highest BCUT2D eigenvalue weighted by Gasteiger charge is 2.39. The van der Waals surface area contributed by atoms with E-state index in [0.29, 0.717) is 51.9 Å². The molecule has 2 aromatic heterocycles. The number of rotatable bonds is 9. The predicted octanol–water partition coefficient (Wildman–Crippen LogP) is 6.50. The van der Waals surface area contributed by atoms with Gasteiger partial charge in [-0.15, -0.1) is 0 Å². The van der Waals surface area contributed by atoms with Crippen molar-refractivity contribution in [1.29, 1.82) is 0 Å². The number of cyclic esters (lactones) is 1. The quantitative estimate of drug-likeness (QED) is 0.141. The topological polar surface area (TPSA) is 159 Å². The maximum absolute atomic E-state index is 14.7. The van der Waals surface area contributed by atoms with Crippen molar-refractivity contribution in [3.05, 3.63) is 90.3 Å². The largest absolute Gasteiger partial charge is 0.464 e. The summed E-state index contributed by atoms with van der Waals surface area (Å²) in [6.07, 6.45) is 5.09. The molecule has 5 amide bonds. The Kier molecular flexibility index (Phi) is 14.7. The second kappa shape index (κ2) is 20.2. The highest BCUT2D eigenvalue weighted by Crippen LogP contribution is 2.42. The fourth-order valence-corrected chi connectivity index (χ4v) is 9.78. The van der Waals surface area contributed by atoms with Crippen molar-refractivity contribution in [3.8, 4) is 22.4 Å². The first-order valence-electron chi connectivity index (χ1n) is 23.3. The number of aryl methyl sites for hydroxylation is 1. The van der Waals surface area contributed by atoms with Gasteiger partial charge in [-0.1, -0.05) is 64.6 Å². The highest BCUT2D eigenvalue weighted by molar-refractivity contribution is 5.96. The molecule has 4 aromatic rings. The molecule has 3 aliphatic heterocycles. The number of hydrogen-bond donors (Lipinski definition) is 2. The van der Waals surface area contributed by atoms with Gasteiger partial charge < -0.3 is 34.1 Å². The second-order valence-electron chi connectivity index (χ2n) is 19.0. The Morgan fingerprint density at radius 3 is 2.52 bits per heavy atom. The molecule has 5 heterocycles. The van der Waals surface area contributed by atoms with E-state index >= 15 is 0 Å². The van der Waals surface area contributed by atoms with Crippen molar-refractivity contribution in [2.45, 2.75) is 104 Å². The number of ether oxygens (including phenoxy) is 2. The molecule has 2 aromatic carbocycles. The molecule has 0 radical (unpaired) electrons. The molecule has 0 unspecified atom stereocenters. The van der Waals surface area contributed by atoms with E-state index in [4.69, 9.17) is 14.5 Å². The van der Waals surface area contributed by atoms with Crippen LogP contribution in [0.2, 0.25) is 0 Å². The normalized spacial score (nSPS) is 20.0. The molecule has 4 atom stereocenters. The minimum absolute atomic E-state index is 0.0819. The molecule has 6 bridgehead atoms. The van der Waals surface area contributed by atoms with Crippen LogP contribution < -0.4 is 10.7 Å². The predicted molar refractivity (Wildman–Crippen MR) is 254 cm³/mol. The fourth-order valence-electron chi connectivity index (χ4n) is 9.78. The number of hydrogen-bond acceptors (Lipinski definition) is 9. The molecule has 2 N–H and O–H groups in total. The van der Waals surface area contributed by atoms with Crippen LogP contribution in [-0.2, 0) is 48.0 Å². The fraction of sp³-hybridized carbons (Fsp3) is 0.490. The Labute approximate surface area is 388 Å². The van der Waals surface area contributed by atoms with Crippen LogP contribution >= 0.6 is 0 Å². The minimum atomic E-state index is -1.06. The number of amides is 5. The number of nitrogens with one attached hydrogen (secondary N) is 2. The third kappa shape index (κ3) is 10.0. The molecule has 0 saturated carbocycles. The summed E-state index contributed by atoms with van der Waals surface area (Å²) in [5, 5.41) is 5.56. The first-order valence-corrected chi connectivity index (χ1v) is 23.3. The number of benzene rings is 2. The van der Waals surface area contributed by atoms with Crippen molar-refractivity contribution in [2.24, 2.45) is 11.3 Å². The number of aromatic nitrogens is 2. The summed E-state index contributed by atoms with van der Waals surface area (Å²) in [7, 11) is 3.27. The van der Waals surface area contributed by atoms with Gasteiger partial charge >= 0.3 is 12.0 Å². The molecule has 66 heavy (non-hydrogen) atoms. The number of carbonyl (C=O) groups excluding carboxylic acids is 5. The molecule has 0 aliphatic carbocycles. The number of fused-ring (bicyclic) bond motifs is 6. The average Bonchev–Trinajstić information content (AvgIpc) is 3.62. The molecule has 2 fully saturated rings. The molecule has 352 valence electrons. The van der Waals surface area contributed by atoms with Crippen LogP contribution in [-0.4, -0.2) is 124 Å².